The molecule has 2 aromatic carbocycles. The normalized spacial score (nSPS) is 12.5. The first-order valence-electron chi connectivity index (χ1n) is 6.83. The maximum atomic E-state index is 12.8. The van der Waals surface area contributed by atoms with Gasteiger partial charge < -0.3 is 4.42 Å². The van der Waals surface area contributed by atoms with E-state index in [-0.39, 0.29) is 10.7 Å². The monoisotopic (exact) mass is 390 g/mol. The zero-order valence-corrected chi connectivity index (χ0v) is 14.1. The summed E-state index contributed by atoms with van der Waals surface area (Å²) in [5.41, 5.74) is -0.125. The molecule has 132 valence electrons. The Kier molecular flexibility index (Phi) is 4.16. The van der Waals surface area contributed by atoms with Gasteiger partial charge in [0.2, 0.25) is 0 Å². The number of nitrogens with one attached hydrogen (secondary N) is 1. The second kappa shape index (κ2) is 5.92. The van der Waals surface area contributed by atoms with Gasteiger partial charge in [0.1, 0.15) is 10.4 Å². The van der Waals surface area contributed by atoms with Crippen molar-refractivity contribution in [2.45, 2.75) is 18.0 Å². The van der Waals surface area contributed by atoms with Crippen LogP contribution in [0.15, 0.2) is 45.7 Å². The second-order valence-electron chi connectivity index (χ2n) is 5.16. The molecular weight excluding hydrogens is 381 g/mol. The van der Waals surface area contributed by atoms with Crippen LogP contribution in [0.1, 0.15) is 11.5 Å². The molecule has 0 saturated heterocycles. The van der Waals surface area contributed by atoms with E-state index in [1.807, 2.05) is 0 Å². The number of hydrogen-bond donors (Lipinski definition) is 1. The maximum Gasteiger partial charge on any atom is 0.416 e. The van der Waals surface area contributed by atoms with Crippen molar-refractivity contribution in [1.82, 2.24) is 4.98 Å². The Morgan fingerprint density at radius 3 is 2.56 bits per heavy atom. The van der Waals surface area contributed by atoms with Crippen LogP contribution in [0.3, 0.4) is 0 Å². The summed E-state index contributed by atoms with van der Waals surface area (Å²) in [6, 6.07) is 6.41. The highest BCUT2D eigenvalue weighted by molar-refractivity contribution is 7.92. The Hall–Kier alpha value is -2.26. The fourth-order valence-corrected chi connectivity index (χ4v) is 3.78. The molecule has 1 heterocycles. The molecule has 0 amide bonds. The molecule has 25 heavy (non-hydrogen) atoms. The lowest BCUT2D eigenvalue weighted by Gasteiger charge is -2.12. The Bertz CT molecular complexity index is 1060. The summed E-state index contributed by atoms with van der Waals surface area (Å²) in [5, 5.41) is -0.321. The van der Waals surface area contributed by atoms with E-state index in [0.717, 1.165) is 6.07 Å². The van der Waals surface area contributed by atoms with Crippen molar-refractivity contribution in [2.75, 3.05) is 4.72 Å². The lowest BCUT2D eigenvalue weighted by Crippen LogP contribution is -2.15. The molecule has 0 bridgehead atoms. The minimum Gasteiger partial charge on any atom is -0.441 e. The number of anilines is 1. The van der Waals surface area contributed by atoms with Gasteiger partial charge in [-0.2, -0.15) is 13.2 Å². The zero-order chi connectivity index (χ0) is 18.4. The summed E-state index contributed by atoms with van der Waals surface area (Å²) in [6.07, 6.45) is -4.69. The molecule has 3 aromatic rings. The molecule has 0 aliphatic rings. The lowest BCUT2D eigenvalue weighted by molar-refractivity contribution is -0.137. The smallest absolute Gasteiger partial charge is 0.416 e. The summed E-state index contributed by atoms with van der Waals surface area (Å²) in [7, 11) is -4.33. The van der Waals surface area contributed by atoms with Gasteiger partial charge in [-0.3, -0.25) is 4.72 Å². The quantitative estimate of drug-likeness (QED) is 0.708. The van der Waals surface area contributed by atoms with Crippen molar-refractivity contribution >= 4 is 38.4 Å². The third-order valence-electron chi connectivity index (χ3n) is 3.29. The summed E-state index contributed by atoms with van der Waals surface area (Å²) in [5.74, 6) is 0.399. The third kappa shape index (κ3) is 3.57. The minimum atomic E-state index is -4.69. The van der Waals surface area contributed by atoms with Crippen molar-refractivity contribution in [3.05, 3.63) is 52.9 Å². The van der Waals surface area contributed by atoms with E-state index < -0.39 is 26.7 Å². The molecule has 0 fully saturated rings. The first-order chi connectivity index (χ1) is 11.6. The molecule has 0 atom stereocenters. The Morgan fingerprint density at radius 1 is 1.16 bits per heavy atom. The van der Waals surface area contributed by atoms with Crippen LogP contribution in [0.25, 0.3) is 11.1 Å². The highest BCUT2D eigenvalue weighted by Crippen LogP contribution is 2.34. The second-order valence-corrected chi connectivity index (χ2v) is 7.22. The number of alkyl halides is 3. The number of sulfonamides is 1. The van der Waals surface area contributed by atoms with Crippen molar-refractivity contribution in [1.29, 1.82) is 0 Å². The van der Waals surface area contributed by atoms with Crippen LogP contribution in [-0.2, 0) is 16.2 Å². The van der Waals surface area contributed by atoms with Crippen molar-refractivity contribution < 1.29 is 26.0 Å². The van der Waals surface area contributed by atoms with E-state index in [9.17, 15) is 21.6 Å². The molecule has 10 heteroatoms. The van der Waals surface area contributed by atoms with E-state index in [1.165, 1.54) is 18.2 Å². The number of aryl methyl sites for hydroxylation is 1. The number of rotatable bonds is 3. The van der Waals surface area contributed by atoms with E-state index in [1.54, 1.807) is 6.92 Å². The number of oxazole rings is 1. The number of halogens is 4. The predicted molar refractivity (Wildman–Crippen MR) is 86.0 cm³/mol. The number of hydrogen-bond acceptors (Lipinski definition) is 4. The number of aromatic nitrogens is 1. The van der Waals surface area contributed by atoms with Crippen LogP contribution in [0.5, 0.6) is 0 Å². The number of fused-ring (bicyclic) bond motifs is 1. The van der Waals surface area contributed by atoms with Crippen molar-refractivity contribution in [2.24, 2.45) is 0 Å². The summed E-state index contributed by atoms with van der Waals surface area (Å²) < 4.78 is 70.8. The average Bonchev–Trinajstić information content (AvgIpc) is 2.85. The zero-order valence-electron chi connectivity index (χ0n) is 12.6. The van der Waals surface area contributed by atoms with Crippen LogP contribution >= 0.6 is 11.6 Å². The standard InChI is InChI=1S/C15H10ClF3N2O3S/c1-8-20-12-7-10(3-5-13(12)24-8)21-25(22,23)14-6-9(15(17,18)19)2-4-11(14)16/h2-7,21H,1H3. The predicted octanol–water partition coefficient (Wildman–Crippen LogP) is 4.61. The van der Waals surface area contributed by atoms with E-state index in [0.29, 0.717) is 29.1 Å². The van der Waals surface area contributed by atoms with Gasteiger partial charge in [0.15, 0.2) is 11.5 Å². The van der Waals surface area contributed by atoms with Crippen LogP contribution in [-0.4, -0.2) is 13.4 Å². The maximum absolute atomic E-state index is 12.8. The van der Waals surface area contributed by atoms with Crippen molar-refractivity contribution in [3.63, 3.8) is 0 Å². The first kappa shape index (κ1) is 17.6. The van der Waals surface area contributed by atoms with Crippen LogP contribution in [0.2, 0.25) is 5.02 Å². The topological polar surface area (TPSA) is 72.2 Å². The van der Waals surface area contributed by atoms with Gasteiger partial charge >= 0.3 is 6.18 Å². The van der Waals surface area contributed by atoms with Crippen molar-refractivity contribution in [3.8, 4) is 0 Å². The third-order valence-corrected chi connectivity index (χ3v) is 5.16. The van der Waals surface area contributed by atoms with Crippen LogP contribution in [0.4, 0.5) is 18.9 Å². The first-order valence-corrected chi connectivity index (χ1v) is 8.69. The summed E-state index contributed by atoms with van der Waals surface area (Å²) in [6.45, 7) is 1.63. The molecule has 0 aliphatic heterocycles. The lowest BCUT2D eigenvalue weighted by atomic mass is 10.2. The van der Waals surface area contributed by atoms with E-state index >= 15 is 0 Å². The Labute approximate surface area is 145 Å². The highest BCUT2D eigenvalue weighted by atomic mass is 35.5. The summed E-state index contributed by atoms with van der Waals surface area (Å²) in [4.78, 5) is 3.40. The number of benzene rings is 2. The molecule has 0 unspecified atom stereocenters. The molecule has 0 radical (unpaired) electrons. The molecular formula is C15H10ClF3N2O3S. The Morgan fingerprint density at radius 2 is 1.88 bits per heavy atom. The fraction of sp³-hybridized carbons (Fsp3) is 0.133. The average molecular weight is 391 g/mol. The van der Waals surface area contributed by atoms with Gasteiger partial charge in [-0.05, 0) is 36.4 Å². The largest absolute Gasteiger partial charge is 0.441 e. The fourth-order valence-electron chi connectivity index (χ4n) is 2.20. The Balaban J connectivity index is 2.00. The molecule has 5 nitrogen and oxygen atoms in total. The van der Waals surface area contributed by atoms with Gasteiger partial charge in [-0.1, -0.05) is 11.6 Å². The minimum absolute atomic E-state index is 0.120. The van der Waals surface area contributed by atoms with Gasteiger partial charge in [0.25, 0.3) is 10.0 Å². The number of nitrogens with zero attached hydrogens (tertiary/aromatic N) is 1. The van der Waals surface area contributed by atoms with E-state index in [4.69, 9.17) is 16.0 Å². The molecule has 3 rings (SSSR count). The molecule has 1 aromatic heterocycles. The summed E-state index contributed by atoms with van der Waals surface area (Å²) >= 11 is 5.78. The SMILES string of the molecule is Cc1nc2cc(NS(=O)(=O)c3cc(C(F)(F)F)ccc3Cl)ccc2o1. The molecule has 0 aliphatic carbocycles. The van der Waals surface area contributed by atoms with Gasteiger partial charge in [-0.25, -0.2) is 13.4 Å². The van der Waals surface area contributed by atoms with Gasteiger partial charge in [0.05, 0.1) is 16.3 Å². The molecule has 0 saturated carbocycles. The molecule has 0 spiro atoms. The van der Waals surface area contributed by atoms with Gasteiger partial charge in [-0.15, -0.1) is 0 Å². The van der Waals surface area contributed by atoms with E-state index in [2.05, 4.69) is 9.71 Å². The van der Waals surface area contributed by atoms with Crippen LogP contribution < -0.4 is 4.72 Å². The van der Waals surface area contributed by atoms with Crippen LogP contribution in [0, 0.1) is 6.92 Å². The molecule has 1 N–H and O–H groups in total. The highest BCUT2D eigenvalue weighted by Gasteiger charge is 2.32. The van der Waals surface area contributed by atoms with Gasteiger partial charge in [0, 0.05) is 6.92 Å².